The first-order valence-electron chi connectivity index (χ1n) is 7.33. The van der Waals surface area contributed by atoms with Crippen LogP contribution in [0.5, 0.6) is 0 Å². The number of hydrogen-bond acceptors (Lipinski definition) is 2. The molecule has 1 fully saturated rings. The summed E-state index contributed by atoms with van der Waals surface area (Å²) in [6.45, 7) is 2.78. The molecular formula is C16H24FNO. The SMILES string of the molecule is CCC(N)C(OCC1CCCC1)c1cccc(F)c1. The molecule has 1 aliphatic rings. The number of benzene rings is 1. The Labute approximate surface area is 115 Å². The lowest BCUT2D eigenvalue weighted by molar-refractivity contribution is 0.0125. The fourth-order valence-corrected chi connectivity index (χ4v) is 2.78. The van der Waals surface area contributed by atoms with Crippen molar-refractivity contribution in [3.8, 4) is 0 Å². The number of nitrogens with two attached hydrogens (primary N) is 1. The van der Waals surface area contributed by atoms with Gasteiger partial charge in [0.25, 0.3) is 0 Å². The molecule has 2 unspecified atom stereocenters. The van der Waals surface area contributed by atoms with E-state index in [2.05, 4.69) is 0 Å². The fraction of sp³-hybridized carbons (Fsp3) is 0.625. The summed E-state index contributed by atoms with van der Waals surface area (Å²) < 4.78 is 19.4. The standard InChI is InChI=1S/C16H24FNO/c1-2-15(18)16(13-8-5-9-14(17)10-13)19-11-12-6-3-4-7-12/h5,8-10,12,15-16H,2-4,6-7,11,18H2,1H3. The summed E-state index contributed by atoms with van der Waals surface area (Å²) in [4.78, 5) is 0. The van der Waals surface area contributed by atoms with E-state index in [1.807, 2.05) is 13.0 Å². The van der Waals surface area contributed by atoms with Gasteiger partial charge < -0.3 is 10.5 Å². The van der Waals surface area contributed by atoms with Crippen LogP contribution in [0.15, 0.2) is 24.3 Å². The van der Waals surface area contributed by atoms with Crippen LogP contribution >= 0.6 is 0 Å². The smallest absolute Gasteiger partial charge is 0.123 e. The molecule has 1 saturated carbocycles. The monoisotopic (exact) mass is 265 g/mol. The fourth-order valence-electron chi connectivity index (χ4n) is 2.78. The maximum Gasteiger partial charge on any atom is 0.123 e. The summed E-state index contributed by atoms with van der Waals surface area (Å²) >= 11 is 0. The Morgan fingerprint density at radius 2 is 2.11 bits per heavy atom. The van der Waals surface area contributed by atoms with Crippen LogP contribution in [0, 0.1) is 11.7 Å². The predicted octanol–water partition coefficient (Wildman–Crippen LogP) is 3.81. The maximum absolute atomic E-state index is 13.3. The molecule has 0 spiro atoms. The molecule has 2 nitrogen and oxygen atoms in total. The van der Waals surface area contributed by atoms with Gasteiger partial charge in [0.15, 0.2) is 0 Å². The van der Waals surface area contributed by atoms with Gasteiger partial charge in [-0.15, -0.1) is 0 Å². The highest BCUT2D eigenvalue weighted by Crippen LogP contribution is 2.29. The van der Waals surface area contributed by atoms with Crippen molar-refractivity contribution in [2.45, 2.75) is 51.2 Å². The zero-order valence-electron chi connectivity index (χ0n) is 11.6. The highest BCUT2D eigenvalue weighted by Gasteiger charge is 2.23. The lowest BCUT2D eigenvalue weighted by Gasteiger charge is -2.25. The van der Waals surface area contributed by atoms with Crippen LogP contribution in [0.1, 0.15) is 50.7 Å². The van der Waals surface area contributed by atoms with Crippen LogP contribution in [0.25, 0.3) is 0 Å². The van der Waals surface area contributed by atoms with Crippen LogP contribution < -0.4 is 5.73 Å². The normalized spacial score (nSPS) is 19.5. The summed E-state index contributed by atoms with van der Waals surface area (Å²) in [6.07, 6.45) is 5.73. The summed E-state index contributed by atoms with van der Waals surface area (Å²) in [5.41, 5.74) is 6.99. The first kappa shape index (κ1) is 14.5. The van der Waals surface area contributed by atoms with Gasteiger partial charge in [0, 0.05) is 6.04 Å². The molecule has 0 aromatic heterocycles. The van der Waals surface area contributed by atoms with Crippen LogP contribution in [0.2, 0.25) is 0 Å². The summed E-state index contributed by atoms with van der Waals surface area (Å²) in [6, 6.07) is 6.53. The molecule has 2 N–H and O–H groups in total. The van der Waals surface area contributed by atoms with Crippen molar-refractivity contribution in [3.05, 3.63) is 35.6 Å². The van der Waals surface area contributed by atoms with Crippen LogP contribution in [0.3, 0.4) is 0 Å². The van der Waals surface area contributed by atoms with E-state index in [0.29, 0.717) is 5.92 Å². The van der Waals surface area contributed by atoms with Crippen LogP contribution in [0.4, 0.5) is 4.39 Å². The average molecular weight is 265 g/mol. The molecule has 1 aliphatic carbocycles. The Hall–Kier alpha value is -0.930. The van der Waals surface area contributed by atoms with E-state index < -0.39 is 0 Å². The second-order valence-corrected chi connectivity index (χ2v) is 5.53. The average Bonchev–Trinajstić information content (AvgIpc) is 2.92. The highest BCUT2D eigenvalue weighted by molar-refractivity contribution is 5.20. The summed E-state index contributed by atoms with van der Waals surface area (Å²) in [5, 5.41) is 0. The Morgan fingerprint density at radius 3 is 2.74 bits per heavy atom. The molecule has 19 heavy (non-hydrogen) atoms. The van der Waals surface area contributed by atoms with Gasteiger partial charge in [-0.05, 0) is 42.9 Å². The molecule has 0 aliphatic heterocycles. The van der Waals surface area contributed by atoms with Gasteiger partial charge in [-0.1, -0.05) is 31.9 Å². The van der Waals surface area contributed by atoms with E-state index in [9.17, 15) is 4.39 Å². The van der Waals surface area contributed by atoms with Gasteiger partial charge in [0.2, 0.25) is 0 Å². The molecule has 0 bridgehead atoms. The van der Waals surface area contributed by atoms with Crippen molar-refractivity contribution in [1.82, 2.24) is 0 Å². The number of ether oxygens (including phenoxy) is 1. The molecule has 106 valence electrons. The topological polar surface area (TPSA) is 35.2 Å². The third-order valence-electron chi connectivity index (χ3n) is 4.02. The number of hydrogen-bond donors (Lipinski definition) is 1. The Balaban J connectivity index is 2.02. The van der Waals surface area contributed by atoms with Crippen molar-refractivity contribution >= 4 is 0 Å². The summed E-state index contributed by atoms with van der Waals surface area (Å²) in [7, 11) is 0. The van der Waals surface area contributed by atoms with Crippen LogP contribution in [-0.2, 0) is 4.74 Å². The highest BCUT2D eigenvalue weighted by atomic mass is 19.1. The van der Waals surface area contributed by atoms with E-state index in [4.69, 9.17) is 10.5 Å². The lowest BCUT2D eigenvalue weighted by atomic mass is 10.0. The van der Waals surface area contributed by atoms with Crippen molar-refractivity contribution < 1.29 is 9.13 Å². The third kappa shape index (κ3) is 4.02. The first-order valence-corrected chi connectivity index (χ1v) is 7.33. The zero-order chi connectivity index (χ0) is 13.7. The molecule has 2 atom stereocenters. The number of halogens is 1. The van der Waals surface area contributed by atoms with E-state index in [1.54, 1.807) is 6.07 Å². The second-order valence-electron chi connectivity index (χ2n) is 5.53. The molecule has 1 aromatic carbocycles. The van der Waals surface area contributed by atoms with Crippen molar-refractivity contribution in [1.29, 1.82) is 0 Å². The van der Waals surface area contributed by atoms with Gasteiger partial charge in [-0.3, -0.25) is 0 Å². The van der Waals surface area contributed by atoms with Gasteiger partial charge >= 0.3 is 0 Å². The van der Waals surface area contributed by atoms with Crippen molar-refractivity contribution in [3.63, 3.8) is 0 Å². The number of rotatable bonds is 6. The Bertz CT molecular complexity index is 390. The molecule has 2 rings (SSSR count). The minimum Gasteiger partial charge on any atom is -0.372 e. The van der Waals surface area contributed by atoms with Gasteiger partial charge in [0.05, 0.1) is 12.7 Å². The molecule has 0 amide bonds. The van der Waals surface area contributed by atoms with Crippen molar-refractivity contribution in [2.24, 2.45) is 11.7 Å². The van der Waals surface area contributed by atoms with Crippen molar-refractivity contribution in [2.75, 3.05) is 6.61 Å². The largest absolute Gasteiger partial charge is 0.372 e. The van der Waals surface area contributed by atoms with Gasteiger partial charge in [-0.25, -0.2) is 4.39 Å². The zero-order valence-corrected chi connectivity index (χ0v) is 11.6. The lowest BCUT2D eigenvalue weighted by Crippen LogP contribution is -2.30. The Morgan fingerprint density at radius 1 is 1.37 bits per heavy atom. The molecule has 1 aromatic rings. The third-order valence-corrected chi connectivity index (χ3v) is 4.02. The van der Waals surface area contributed by atoms with Crippen LogP contribution in [-0.4, -0.2) is 12.6 Å². The van der Waals surface area contributed by atoms with E-state index in [0.717, 1.165) is 18.6 Å². The van der Waals surface area contributed by atoms with Gasteiger partial charge in [0.1, 0.15) is 5.82 Å². The molecule has 0 saturated heterocycles. The first-order chi connectivity index (χ1) is 9.20. The second kappa shape index (κ2) is 7.01. The predicted molar refractivity (Wildman–Crippen MR) is 75.3 cm³/mol. The maximum atomic E-state index is 13.3. The quantitative estimate of drug-likeness (QED) is 0.849. The summed E-state index contributed by atoms with van der Waals surface area (Å²) in [5.74, 6) is 0.426. The van der Waals surface area contributed by atoms with E-state index >= 15 is 0 Å². The Kier molecular flexibility index (Phi) is 5.34. The molecular weight excluding hydrogens is 241 g/mol. The molecule has 0 radical (unpaired) electrons. The van der Waals surface area contributed by atoms with Gasteiger partial charge in [-0.2, -0.15) is 0 Å². The minimum absolute atomic E-state index is 0.0804. The van der Waals surface area contributed by atoms with E-state index in [1.165, 1.54) is 37.8 Å². The van der Waals surface area contributed by atoms with E-state index in [-0.39, 0.29) is 18.0 Å². The molecule has 0 heterocycles. The molecule has 3 heteroatoms. The minimum atomic E-state index is -0.227.